The van der Waals surface area contributed by atoms with Crippen molar-refractivity contribution in [2.75, 3.05) is 0 Å². The first-order valence-corrected chi connectivity index (χ1v) is 6.07. The fourth-order valence-corrected chi connectivity index (χ4v) is 2.29. The van der Waals surface area contributed by atoms with Gasteiger partial charge < -0.3 is 0 Å². The topological polar surface area (TPSA) is 25.8 Å². The van der Waals surface area contributed by atoms with Gasteiger partial charge in [-0.25, -0.2) is 9.97 Å². The second-order valence-electron chi connectivity index (χ2n) is 2.79. The number of nitrogens with zero attached hydrogens (tertiary/aromatic N) is 2. The summed E-state index contributed by atoms with van der Waals surface area (Å²) in [6, 6.07) is 1.60. The van der Waals surface area contributed by atoms with Crippen molar-refractivity contribution in [3.8, 4) is 0 Å². The van der Waals surface area contributed by atoms with Crippen molar-refractivity contribution >= 4 is 46.1 Å². The van der Waals surface area contributed by atoms with Crippen LogP contribution in [0.25, 0.3) is 0 Å². The van der Waals surface area contributed by atoms with Crippen molar-refractivity contribution in [3.05, 3.63) is 43.5 Å². The van der Waals surface area contributed by atoms with Gasteiger partial charge in [0.05, 0.1) is 20.7 Å². The lowest BCUT2D eigenvalue weighted by atomic mass is 10.3. The van der Waals surface area contributed by atoms with Gasteiger partial charge in [0, 0.05) is 18.0 Å². The molecular formula is C9H5Cl3N2S. The molecule has 15 heavy (non-hydrogen) atoms. The molecule has 78 valence electrons. The van der Waals surface area contributed by atoms with E-state index in [9.17, 15) is 0 Å². The lowest BCUT2D eigenvalue weighted by Gasteiger charge is -2.03. The van der Waals surface area contributed by atoms with E-state index < -0.39 is 0 Å². The van der Waals surface area contributed by atoms with Gasteiger partial charge in [-0.1, -0.05) is 34.8 Å². The molecule has 0 aliphatic rings. The van der Waals surface area contributed by atoms with Crippen LogP contribution in [0.4, 0.5) is 0 Å². The molecule has 2 aromatic rings. The third kappa shape index (κ3) is 2.61. The van der Waals surface area contributed by atoms with Crippen molar-refractivity contribution in [1.29, 1.82) is 0 Å². The van der Waals surface area contributed by atoms with Gasteiger partial charge in [-0.15, -0.1) is 11.3 Å². The maximum atomic E-state index is 5.99. The SMILES string of the molecule is Clc1cc(Cl)c(Cc2nccs2)nc1Cl. The van der Waals surface area contributed by atoms with Crippen LogP contribution in [0.15, 0.2) is 17.6 Å². The number of aromatic nitrogens is 2. The number of halogens is 3. The van der Waals surface area contributed by atoms with Gasteiger partial charge in [-0.3, -0.25) is 0 Å². The average molecular weight is 280 g/mol. The van der Waals surface area contributed by atoms with E-state index in [-0.39, 0.29) is 5.15 Å². The zero-order valence-electron chi connectivity index (χ0n) is 7.38. The summed E-state index contributed by atoms with van der Waals surface area (Å²) in [5.41, 5.74) is 0.695. The van der Waals surface area contributed by atoms with E-state index in [1.54, 1.807) is 23.6 Å². The third-order valence-electron chi connectivity index (χ3n) is 1.76. The summed E-state index contributed by atoms with van der Waals surface area (Å²) in [6.45, 7) is 0. The zero-order valence-corrected chi connectivity index (χ0v) is 10.5. The minimum Gasteiger partial charge on any atom is -0.249 e. The van der Waals surface area contributed by atoms with E-state index in [0.717, 1.165) is 5.01 Å². The number of rotatable bonds is 2. The van der Waals surface area contributed by atoms with Crippen molar-refractivity contribution in [1.82, 2.24) is 9.97 Å². The summed E-state index contributed by atoms with van der Waals surface area (Å²) < 4.78 is 0. The molecule has 0 aliphatic carbocycles. The molecule has 0 saturated carbocycles. The Morgan fingerprint density at radius 1 is 1.20 bits per heavy atom. The highest BCUT2D eigenvalue weighted by molar-refractivity contribution is 7.09. The van der Waals surface area contributed by atoms with E-state index in [2.05, 4.69) is 9.97 Å². The lowest BCUT2D eigenvalue weighted by molar-refractivity contribution is 1.05. The summed E-state index contributed by atoms with van der Waals surface area (Å²) in [7, 11) is 0. The van der Waals surface area contributed by atoms with Gasteiger partial charge in [0.1, 0.15) is 5.15 Å². The van der Waals surface area contributed by atoms with Gasteiger partial charge >= 0.3 is 0 Å². The monoisotopic (exact) mass is 278 g/mol. The summed E-state index contributed by atoms with van der Waals surface area (Å²) in [5.74, 6) is 0. The quantitative estimate of drug-likeness (QED) is 0.774. The Morgan fingerprint density at radius 2 is 2.00 bits per heavy atom. The maximum Gasteiger partial charge on any atom is 0.148 e. The highest BCUT2D eigenvalue weighted by atomic mass is 35.5. The van der Waals surface area contributed by atoms with E-state index in [0.29, 0.717) is 22.2 Å². The average Bonchev–Trinajstić information content (AvgIpc) is 2.67. The highest BCUT2D eigenvalue weighted by Gasteiger charge is 2.09. The predicted octanol–water partition coefficient (Wildman–Crippen LogP) is 4.09. The second-order valence-corrected chi connectivity index (χ2v) is 4.94. The number of pyridine rings is 1. The molecule has 6 heteroatoms. The Kier molecular flexibility index (Phi) is 3.46. The largest absolute Gasteiger partial charge is 0.249 e. The van der Waals surface area contributed by atoms with Gasteiger partial charge in [0.15, 0.2) is 0 Å². The zero-order chi connectivity index (χ0) is 10.8. The smallest absolute Gasteiger partial charge is 0.148 e. The molecule has 0 amide bonds. The molecule has 0 aromatic carbocycles. The molecule has 0 bridgehead atoms. The van der Waals surface area contributed by atoms with Gasteiger partial charge in [-0.05, 0) is 6.07 Å². The van der Waals surface area contributed by atoms with Crippen molar-refractivity contribution < 1.29 is 0 Å². The Hall–Kier alpha value is -0.350. The van der Waals surface area contributed by atoms with Gasteiger partial charge in [0.25, 0.3) is 0 Å². The third-order valence-corrected chi connectivity index (χ3v) is 3.54. The Bertz CT molecular complexity index is 470. The molecule has 2 heterocycles. The number of thiazole rings is 1. The normalized spacial score (nSPS) is 10.6. The van der Waals surface area contributed by atoms with Crippen LogP contribution in [-0.2, 0) is 6.42 Å². The molecular weight excluding hydrogens is 275 g/mol. The van der Waals surface area contributed by atoms with E-state index in [1.165, 1.54) is 0 Å². The van der Waals surface area contributed by atoms with Crippen LogP contribution < -0.4 is 0 Å². The standard InChI is InChI=1S/C9H5Cl3N2S/c10-5-3-6(11)9(12)14-7(5)4-8-13-1-2-15-8/h1-3H,4H2. The molecule has 0 unspecified atom stereocenters. The summed E-state index contributed by atoms with van der Waals surface area (Å²) in [4.78, 5) is 8.26. The van der Waals surface area contributed by atoms with Crippen LogP contribution in [0.1, 0.15) is 10.7 Å². The van der Waals surface area contributed by atoms with Crippen molar-refractivity contribution in [3.63, 3.8) is 0 Å². The van der Waals surface area contributed by atoms with Crippen LogP contribution in [-0.4, -0.2) is 9.97 Å². The Labute approximate surface area is 106 Å². The molecule has 0 fully saturated rings. The first-order chi connectivity index (χ1) is 7.16. The summed E-state index contributed by atoms with van der Waals surface area (Å²) in [6.07, 6.45) is 2.32. The summed E-state index contributed by atoms with van der Waals surface area (Å²) >= 11 is 19.1. The van der Waals surface area contributed by atoms with Crippen LogP contribution in [0.5, 0.6) is 0 Å². The molecule has 0 atom stereocenters. The molecule has 0 radical (unpaired) electrons. The molecule has 2 rings (SSSR count). The van der Waals surface area contributed by atoms with Crippen molar-refractivity contribution in [2.45, 2.75) is 6.42 Å². The van der Waals surface area contributed by atoms with Crippen LogP contribution in [0, 0.1) is 0 Å². The molecule has 2 nitrogen and oxygen atoms in total. The molecule has 0 N–H and O–H groups in total. The fraction of sp³-hybridized carbons (Fsp3) is 0.111. The fourth-order valence-electron chi connectivity index (χ4n) is 1.09. The number of hydrogen-bond donors (Lipinski definition) is 0. The van der Waals surface area contributed by atoms with Gasteiger partial charge in [-0.2, -0.15) is 0 Å². The Morgan fingerprint density at radius 3 is 2.67 bits per heavy atom. The van der Waals surface area contributed by atoms with E-state index in [4.69, 9.17) is 34.8 Å². The highest BCUT2D eigenvalue weighted by Crippen LogP contribution is 2.27. The molecule has 0 saturated heterocycles. The summed E-state index contributed by atoms with van der Waals surface area (Å²) in [5, 5.41) is 4.00. The molecule has 0 aliphatic heterocycles. The van der Waals surface area contributed by atoms with E-state index >= 15 is 0 Å². The van der Waals surface area contributed by atoms with Crippen LogP contribution in [0.3, 0.4) is 0 Å². The number of hydrogen-bond acceptors (Lipinski definition) is 3. The van der Waals surface area contributed by atoms with E-state index in [1.807, 2.05) is 5.38 Å². The van der Waals surface area contributed by atoms with Crippen LogP contribution in [0.2, 0.25) is 15.2 Å². The minimum absolute atomic E-state index is 0.271. The van der Waals surface area contributed by atoms with Gasteiger partial charge in [0.2, 0.25) is 0 Å². The van der Waals surface area contributed by atoms with Crippen LogP contribution >= 0.6 is 46.1 Å². The van der Waals surface area contributed by atoms with Crippen molar-refractivity contribution in [2.24, 2.45) is 0 Å². The lowest BCUT2D eigenvalue weighted by Crippen LogP contribution is -1.94. The molecule has 0 spiro atoms. The predicted molar refractivity (Wildman–Crippen MR) is 64.2 cm³/mol. The first kappa shape index (κ1) is 11.1. The second kappa shape index (κ2) is 4.66. The maximum absolute atomic E-state index is 5.99. The first-order valence-electron chi connectivity index (χ1n) is 4.05. The minimum atomic E-state index is 0.271. The molecule has 2 aromatic heterocycles. The Balaban J connectivity index is 2.33.